The number of hydrogen-bond donors (Lipinski definition) is 1. The molecule has 1 fully saturated rings. The summed E-state index contributed by atoms with van der Waals surface area (Å²) < 4.78 is 0. The van der Waals surface area contributed by atoms with E-state index in [1.807, 2.05) is 0 Å². The molecule has 1 aromatic carbocycles. The van der Waals surface area contributed by atoms with Gasteiger partial charge in [-0.25, -0.2) is 4.98 Å². The maximum absolute atomic E-state index is 5.79. The van der Waals surface area contributed by atoms with Gasteiger partial charge in [-0.15, -0.1) is 0 Å². The number of anilines is 1. The Morgan fingerprint density at radius 3 is 2.55 bits per heavy atom. The molecule has 3 heteroatoms. The SMILES string of the molecule is NCCc1cc2ccccc2nc1N1CCCCCC1. The van der Waals surface area contributed by atoms with Gasteiger partial charge in [0.1, 0.15) is 5.82 Å². The van der Waals surface area contributed by atoms with Crippen LogP contribution in [-0.2, 0) is 6.42 Å². The average Bonchev–Trinajstić information content (AvgIpc) is 2.76. The lowest BCUT2D eigenvalue weighted by Crippen LogP contribution is -2.26. The number of fused-ring (bicyclic) bond motifs is 1. The van der Waals surface area contributed by atoms with Crippen molar-refractivity contribution in [3.05, 3.63) is 35.9 Å². The molecule has 2 heterocycles. The molecule has 1 aromatic heterocycles. The van der Waals surface area contributed by atoms with Gasteiger partial charge in [0, 0.05) is 18.5 Å². The molecule has 0 spiro atoms. The highest BCUT2D eigenvalue weighted by Gasteiger charge is 2.15. The van der Waals surface area contributed by atoms with Crippen LogP contribution in [0.4, 0.5) is 5.82 Å². The van der Waals surface area contributed by atoms with Crippen LogP contribution in [0.5, 0.6) is 0 Å². The summed E-state index contributed by atoms with van der Waals surface area (Å²) in [6.07, 6.45) is 6.14. The van der Waals surface area contributed by atoms with Gasteiger partial charge in [-0.2, -0.15) is 0 Å². The number of pyridine rings is 1. The number of para-hydroxylation sites is 1. The van der Waals surface area contributed by atoms with E-state index in [2.05, 4.69) is 35.2 Å². The first-order valence-corrected chi connectivity index (χ1v) is 7.72. The fourth-order valence-corrected chi connectivity index (χ4v) is 3.05. The first-order chi connectivity index (χ1) is 9.88. The molecule has 1 aliphatic heterocycles. The summed E-state index contributed by atoms with van der Waals surface area (Å²) in [5.74, 6) is 1.16. The zero-order valence-corrected chi connectivity index (χ0v) is 12.0. The molecule has 3 nitrogen and oxygen atoms in total. The smallest absolute Gasteiger partial charge is 0.132 e. The standard InChI is InChI=1S/C17H23N3/c18-10-9-15-13-14-7-3-4-8-16(14)19-17(15)20-11-5-1-2-6-12-20/h3-4,7-8,13H,1-2,5-6,9-12,18H2. The van der Waals surface area contributed by atoms with E-state index in [1.165, 1.54) is 36.6 Å². The summed E-state index contributed by atoms with van der Waals surface area (Å²) in [5.41, 5.74) is 8.18. The van der Waals surface area contributed by atoms with Crippen molar-refractivity contribution in [2.45, 2.75) is 32.1 Å². The normalized spacial score (nSPS) is 16.4. The summed E-state index contributed by atoms with van der Waals surface area (Å²) in [5, 5.41) is 1.22. The molecule has 0 bridgehead atoms. The van der Waals surface area contributed by atoms with Crippen molar-refractivity contribution in [2.24, 2.45) is 5.73 Å². The second-order valence-corrected chi connectivity index (χ2v) is 5.60. The summed E-state index contributed by atoms with van der Waals surface area (Å²) in [6.45, 7) is 2.94. The first-order valence-electron chi connectivity index (χ1n) is 7.72. The fraction of sp³-hybridized carbons (Fsp3) is 0.471. The van der Waals surface area contributed by atoms with E-state index in [-0.39, 0.29) is 0 Å². The first kappa shape index (κ1) is 13.4. The van der Waals surface area contributed by atoms with Crippen LogP contribution in [-0.4, -0.2) is 24.6 Å². The predicted molar refractivity (Wildman–Crippen MR) is 85.2 cm³/mol. The largest absolute Gasteiger partial charge is 0.356 e. The lowest BCUT2D eigenvalue weighted by Gasteiger charge is -2.24. The Kier molecular flexibility index (Phi) is 4.16. The zero-order chi connectivity index (χ0) is 13.8. The van der Waals surface area contributed by atoms with Gasteiger partial charge in [-0.05, 0) is 43.5 Å². The van der Waals surface area contributed by atoms with Crippen LogP contribution < -0.4 is 10.6 Å². The third-order valence-corrected chi connectivity index (χ3v) is 4.10. The van der Waals surface area contributed by atoms with Crippen LogP contribution in [0.1, 0.15) is 31.2 Å². The van der Waals surface area contributed by atoms with Gasteiger partial charge < -0.3 is 10.6 Å². The molecule has 106 valence electrons. The molecule has 1 aliphatic rings. The maximum Gasteiger partial charge on any atom is 0.132 e. The van der Waals surface area contributed by atoms with Gasteiger partial charge in [0.2, 0.25) is 0 Å². The van der Waals surface area contributed by atoms with E-state index in [4.69, 9.17) is 10.7 Å². The number of aromatic nitrogens is 1. The third-order valence-electron chi connectivity index (χ3n) is 4.10. The third kappa shape index (κ3) is 2.78. The van der Waals surface area contributed by atoms with Crippen molar-refractivity contribution in [1.82, 2.24) is 4.98 Å². The van der Waals surface area contributed by atoms with Gasteiger partial charge in [0.05, 0.1) is 5.52 Å². The Balaban J connectivity index is 2.03. The van der Waals surface area contributed by atoms with Gasteiger partial charge in [-0.1, -0.05) is 31.0 Å². The van der Waals surface area contributed by atoms with Crippen molar-refractivity contribution >= 4 is 16.7 Å². The number of hydrogen-bond acceptors (Lipinski definition) is 3. The zero-order valence-electron chi connectivity index (χ0n) is 12.0. The highest BCUT2D eigenvalue weighted by Crippen LogP contribution is 2.26. The van der Waals surface area contributed by atoms with Gasteiger partial charge in [0.15, 0.2) is 0 Å². The summed E-state index contributed by atoms with van der Waals surface area (Å²) in [4.78, 5) is 7.39. The van der Waals surface area contributed by atoms with Gasteiger partial charge in [0.25, 0.3) is 0 Å². The van der Waals surface area contributed by atoms with E-state index >= 15 is 0 Å². The Bertz CT molecular complexity index is 571. The fourth-order valence-electron chi connectivity index (χ4n) is 3.05. The minimum Gasteiger partial charge on any atom is -0.356 e. The van der Waals surface area contributed by atoms with Crippen molar-refractivity contribution in [3.8, 4) is 0 Å². The molecule has 0 saturated carbocycles. The molecule has 0 aliphatic carbocycles. The molecule has 2 aromatic rings. The predicted octanol–water partition coefficient (Wildman–Crippen LogP) is 3.12. The number of nitrogens with zero attached hydrogens (tertiary/aromatic N) is 2. The average molecular weight is 269 g/mol. The number of nitrogens with two attached hydrogens (primary N) is 1. The Morgan fingerprint density at radius 1 is 1.05 bits per heavy atom. The molecular weight excluding hydrogens is 246 g/mol. The van der Waals surface area contributed by atoms with Gasteiger partial charge in [-0.3, -0.25) is 0 Å². The van der Waals surface area contributed by atoms with E-state index in [0.717, 1.165) is 30.8 Å². The van der Waals surface area contributed by atoms with Crippen LogP contribution in [0.25, 0.3) is 10.9 Å². The highest BCUT2D eigenvalue weighted by molar-refractivity contribution is 5.81. The molecular formula is C17H23N3. The van der Waals surface area contributed by atoms with Crippen LogP contribution in [0.3, 0.4) is 0 Å². The second-order valence-electron chi connectivity index (χ2n) is 5.60. The van der Waals surface area contributed by atoms with Crippen molar-refractivity contribution < 1.29 is 0 Å². The molecule has 3 rings (SSSR count). The topological polar surface area (TPSA) is 42.1 Å². The molecule has 1 saturated heterocycles. The lowest BCUT2D eigenvalue weighted by molar-refractivity contribution is 0.726. The Hall–Kier alpha value is -1.61. The van der Waals surface area contributed by atoms with Crippen LogP contribution in [0.2, 0.25) is 0 Å². The second kappa shape index (κ2) is 6.23. The summed E-state index contributed by atoms with van der Waals surface area (Å²) >= 11 is 0. The molecule has 0 radical (unpaired) electrons. The molecule has 0 atom stereocenters. The van der Waals surface area contributed by atoms with E-state index in [1.54, 1.807) is 0 Å². The number of rotatable bonds is 3. The summed E-state index contributed by atoms with van der Waals surface area (Å²) in [6, 6.07) is 10.6. The number of benzene rings is 1. The molecule has 0 unspecified atom stereocenters. The molecule has 2 N–H and O–H groups in total. The van der Waals surface area contributed by atoms with Gasteiger partial charge >= 0.3 is 0 Å². The van der Waals surface area contributed by atoms with E-state index in [0.29, 0.717) is 6.54 Å². The minimum atomic E-state index is 0.681. The highest BCUT2D eigenvalue weighted by atomic mass is 15.2. The molecule has 0 amide bonds. The van der Waals surface area contributed by atoms with Crippen molar-refractivity contribution in [3.63, 3.8) is 0 Å². The molecule has 20 heavy (non-hydrogen) atoms. The monoisotopic (exact) mass is 269 g/mol. The van der Waals surface area contributed by atoms with Crippen molar-refractivity contribution in [1.29, 1.82) is 0 Å². The van der Waals surface area contributed by atoms with Crippen molar-refractivity contribution in [2.75, 3.05) is 24.5 Å². The van der Waals surface area contributed by atoms with Crippen LogP contribution >= 0.6 is 0 Å². The summed E-state index contributed by atoms with van der Waals surface area (Å²) in [7, 11) is 0. The van der Waals surface area contributed by atoms with E-state index in [9.17, 15) is 0 Å². The lowest BCUT2D eigenvalue weighted by atomic mass is 10.1. The van der Waals surface area contributed by atoms with Crippen LogP contribution in [0.15, 0.2) is 30.3 Å². The Morgan fingerprint density at radius 2 is 1.80 bits per heavy atom. The van der Waals surface area contributed by atoms with E-state index < -0.39 is 0 Å². The Labute approximate surface area is 120 Å². The minimum absolute atomic E-state index is 0.681. The quantitative estimate of drug-likeness (QED) is 0.931. The van der Waals surface area contributed by atoms with Crippen LogP contribution in [0, 0.1) is 0 Å². The maximum atomic E-state index is 5.79.